The fraction of sp³-hybridized carbons (Fsp3) is 0.641. The van der Waals surface area contributed by atoms with Crippen LogP contribution >= 0.6 is 0 Å². The van der Waals surface area contributed by atoms with Crippen LogP contribution in [0.3, 0.4) is 0 Å². The number of ether oxygens (including phenoxy) is 3. The smallest absolute Gasteiger partial charge is 0.306 e. The molecule has 1 atom stereocenters. The van der Waals surface area contributed by atoms with E-state index in [4.69, 9.17) is 14.2 Å². The third kappa shape index (κ3) is 54.7. The highest BCUT2D eigenvalue weighted by atomic mass is 16.6. The van der Waals surface area contributed by atoms with Gasteiger partial charge in [0.15, 0.2) is 6.10 Å². The zero-order valence-corrected chi connectivity index (χ0v) is 45.2. The van der Waals surface area contributed by atoms with Crippen LogP contribution in [0.1, 0.15) is 245 Å². The molecule has 6 heteroatoms. The van der Waals surface area contributed by atoms with Gasteiger partial charge in [-0.15, -0.1) is 0 Å². The summed E-state index contributed by atoms with van der Waals surface area (Å²) in [6.45, 7) is 6.41. The molecule has 0 bridgehead atoms. The first kappa shape index (κ1) is 65.8. The molecule has 0 N–H and O–H groups in total. The molecule has 0 radical (unpaired) electrons. The maximum Gasteiger partial charge on any atom is 0.306 e. The molecule has 0 saturated heterocycles. The Morgan fingerprint density at radius 3 is 1.04 bits per heavy atom. The van der Waals surface area contributed by atoms with Gasteiger partial charge in [-0.3, -0.25) is 14.4 Å². The lowest BCUT2D eigenvalue weighted by molar-refractivity contribution is -0.167. The zero-order chi connectivity index (χ0) is 50.7. The van der Waals surface area contributed by atoms with Crippen molar-refractivity contribution in [2.45, 2.75) is 252 Å². The van der Waals surface area contributed by atoms with Crippen molar-refractivity contribution < 1.29 is 28.6 Å². The number of rotatable bonds is 50. The Hall–Kier alpha value is -4.19. The SMILES string of the molecule is CC\C=C/C=C\C=C/C=C\C=C\C=C/CCCCCC(=O)OC(COC(=O)CCCCCCC/C=C\C=C/CCCCCCCCC)COC(=O)CCCCCCCCC/C=C\C/C=C\CCCCC. The Morgan fingerprint density at radius 2 is 0.614 bits per heavy atom. The van der Waals surface area contributed by atoms with Crippen molar-refractivity contribution in [2.24, 2.45) is 0 Å². The topological polar surface area (TPSA) is 78.9 Å². The van der Waals surface area contributed by atoms with Gasteiger partial charge in [-0.25, -0.2) is 0 Å². The van der Waals surface area contributed by atoms with E-state index in [0.29, 0.717) is 19.3 Å². The molecule has 0 aromatic rings. The van der Waals surface area contributed by atoms with Crippen LogP contribution in [0.25, 0.3) is 0 Å². The minimum atomic E-state index is -0.816. The average molecular weight is 970 g/mol. The van der Waals surface area contributed by atoms with Crippen molar-refractivity contribution in [3.63, 3.8) is 0 Å². The Morgan fingerprint density at radius 1 is 0.314 bits per heavy atom. The van der Waals surface area contributed by atoms with Crippen molar-refractivity contribution in [3.05, 3.63) is 122 Å². The summed E-state index contributed by atoms with van der Waals surface area (Å²) in [6, 6.07) is 0. The second kappa shape index (κ2) is 57.4. The first-order valence-corrected chi connectivity index (χ1v) is 28.6. The van der Waals surface area contributed by atoms with Gasteiger partial charge in [-0.05, 0) is 96.3 Å². The molecule has 396 valence electrons. The highest BCUT2D eigenvalue weighted by molar-refractivity contribution is 5.71. The summed E-state index contributed by atoms with van der Waals surface area (Å²) in [5, 5.41) is 0. The number of esters is 3. The molecule has 0 aliphatic heterocycles. The molecular weight excluding hydrogens is 865 g/mol. The lowest BCUT2D eigenvalue weighted by atomic mass is 10.1. The molecule has 0 aliphatic carbocycles. The highest BCUT2D eigenvalue weighted by Crippen LogP contribution is 2.14. The normalized spacial score (nSPS) is 13.0. The summed E-state index contributed by atoms with van der Waals surface area (Å²) in [7, 11) is 0. The summed E-state index contributed by atoms with van der Waals surface area (Å²) in [6.07, 6.45) is 78.9. The monoisotopic (exact) mass is 969 g/mol. The molecule has 0 heterocycles. The largest absolute Gasteiger partial charge is 0.462 e. The van der Waals surface area contributed by atoms with E-state index >= 15 is 0 Å². The zero-order valence-electron chi connectivity index (χ0n) is 45.2. The van der Waals surface area contributed by atoms with Crippen LogP contribution in [0.2, 0.25) is 0 Å². The summed E-state index contributed by atoms with van der Waals surface area (Å²) >= 11 is 0. The first-order valence-electron chi connectivity index (χ1n) is 28.6. The molecule has 0 amide bonds. The van der Waals surface area contributed by atoms with Gasteiger partial charge in [0.2, 0.25) is 0 Å². The van der Waals surface area contributed by atoms with Gasteiger partial charge in [-0.2, -0.15) is 0 Å². The molecule has 0 rings (SSSR count). The fourth-order valence-corrected chi connectivity index (χ4v) is 7.55. The van der Waals surface area contributed by atoms with E-state index in [-0.39, 0.29) is 37.5 Å². The summed E-state index contributed by atoms with van der Waals surface area (Å²) in [4.78, 5) is 38.2. The third-order valence-corrected chi connectivity index (χ3v) is 11.9. The van der Waals surface area contributed by atoms with Crippen LogP contribution in [0.4, 0.5) is 0 Å². The number of allylic oxidation sites excluding steroid dienone is 20. The molecule has 0 aromatic heterocycles. The second-order valence-corrected chi connectivity index (χ2v) is 18.6. The number of carbonyl (C=O) groups is 3. The molecule has 0 aliphatic rings. The van der Waals surface area contributed by atoms with Crippen molar-refractivity contribution in [3.8, 4) is 0 Å². The van der Waals surface area contributed by atoms with Gasteiger partial charge in [0, 0.05) is 19.3 Å². The molecular formula is C64H104O6. The lowest BCUT2D eigenvalue weighted by Gasteiger charge is -2.18. The molecule has 6 nitrogen and oxygen atoms in total. The van der Waals surface area contributed by atoms with Crippen LogP contribution in [0.5, 0.6) is 0 Å². The number of carbonyl (C=O) groups excluding carboxylic acids is 3. The third-order valence-electron chi connectivity index (χ3n) is 11.9. The molecule has 0 saturated carbocycles. The van der Waals surface area contributed by atoms with Crippen molar-refractivity contribution in [1.82, 2.24) is 0 Å². The van der Waals surface area contributed by atoms with E-state index in [1.165, 1.54) is 103 Å². The Balaban J connectivity index is 4.53. The summed E-state index contributed by atoms with van der Waals surface area (Å²) in [5.41, 5.74) is 0. The molecule has 1 unspecified atom stereocenters. The number of unbranched alkanes of at least 4 members (excludes halogenated alkanes) is 25. The minimum absolute atomic E-state index is 0.109. The average Bonchev–Trinajstić information content (AvgIpc) is 3.36. The van der Waals surface area contributed by atoms with Gasteiger partial charge in [0.1, 0.15) is 13.2 Å². The van der Waals surface area contributed by atoms with Gasteiger partial charge in [0.25, 0.3) is 0 Å². The van der Waals surface area contributed by atoms with Crippen LogP contribution in [-0.4, -0.2) is 37.2 Å². The lowest BCUT2D eigenvalue weighted by Crippen LogP contribution is -2.30. The van der Waals surface area contributed by atoms with Crippen molar-refractivity contribution >= 4 is 17.9 Å². The van der Waals surface area contributed by atoms with E-state index < -0.39 is 6.10 Å². The van der Waals surface area contributed by atoms with E-state index in [1.54, 1.807) is 0 Å². The fourth-order valence-electron chi connectivity index (χ4n) is 7.55. The number of hydrogen-bond donors (Lipinski definition) is 0. The Labute approximate surface area is 431 Å². The molecule has 0 aromatic carbocycles. The van der Waals surface area contributed by atoms with Crippen molar-refractivity contribution in [2.75, 3.05) is 13.2 Å². The molecule has 70 heavy (non-hydrogen) atoms. The predicted octanol–water partition coefficient (Wildman–Crippen LogP) is 19.3. The summed E-state index contributed by atoms with van der Waals surface area (Å²) < 4.78 is 16.8. The van der Waals surface area contributed by atoms with Gasteiger partial charge >= 0.3 is 17.9 Å². The Kier molecular flexibility index (Phi) is 54.0. The summed E-state index contributed by atoms with van der Waals surface area (Å²) in [5.74, 6) is -0.977. The van der Waals surface area contributed by atoms with Crippen LogP contribution < -0.4 is 0 Å². The maximum absolute atomic E-state index is 12.8. The van der Waals surface area contributed by atoms with Gasteiger partial charge in [-0.1, -0.05) is 251 Å². The first-order chi connectivity index (χ1) is 34.5. The molecule has 0 spiro atoms. The minimum Gasteiger partial charge on any atom is -0.462 e. The quantitative estimate of drug-likeness (QED) is 0.0199. The van der Waals surface area contributed by atoms with Gasteiger partial charge in [0.05, 0.1) is 0 Å². The number of hydrogen-bond acceptors (Lipinski definition) is 6. The van der Waals surface area contributed by atoms with E-state index in [9.17, 15) is 14.4 Å². The second-order valence-electron chi connectivity index (χ2n) is 18.6. The van der Waals surface area contributed by atoms with Crippen LogP contribution in [-0.2, 0) is 28.6 Å². The van der Waals surface area contributed by atoms with E-state index in [2.05, 4.69) is 81.5 Å². The maximum atomic E-state index is 12.8. The Bertz CT molecular complexity index is 1490. The van der Waals surface area contributed by atoms with Crippen LogP contribution in [0.15, 0.2) is 122 Å². The molecule has 0 fully saturated rings. The van der Waals surface area contributed by atoms with Crippen molar-refractivity contribution in [1.29, 1.82) is 0 Å². The van der Waals surface area contributed by atoms with E-state index in [1.807, 2.05) is 60.8 Å². The van der Waals surface area contributed by atoms with E-state index in [0.717, 1.165) is 96.3 Å². The van der Waals surface area contributed by atoms with Crippen LogP contribution in [0, 0.1) is 0 Å². The highest BCUT2D eigenvalue weighted by Gasteiger charge is 2.19. The predicted molar refractivity (Wildman–Crippen MR) is 302 cm³/mol. The standard InChI is InChI=1S/C64H104O6/c1-4-7-10-13-16-19-22-25-28-31-34-36-39-42-45-48-51-54-57-63(66)69-60-61(70-64(67)58-55-52-49-46-43-40-37-33-30-27-24-21-18-15-12-9-6-3)59-68-62(65)56-53-50-47-44-41-38-35-32-29-26-23-20-17-14-11-8-5-2/h9,12,15,17-18,20-21,24,26-31,33-34,36-37,40,43,61H,4-8,10-11,13-14,16,19,22-23,25,32,35,38-39,41-42,44-60H2,1-3H3/b12-9-,18-15-,20-17-,24-21-,29-26-,30-27-,31-28-,36-34-,37-33+,43-40-. The van der Waals surface area contributed by atoms with Gasteiger partial charge < -0.3 is 14.2 Å².